The Morgan fingerprint density at radius 3 is 2.58 bits per heavy atom. The van der Waals surface area contributed by atoms with E-state index in [1.807, 2.05) is 26.3 Å². The zero-order valence-electron chi connectivity index (χ0n) is 12.1. The van der Waals surface area contributed by atoms with Crippen LogP contribution in [0.1, 0.15) is 44.2 Å². The Balaban J connectivity index is 2.30. The second kappa shape index (κ2) is 6.25. The minimum Gasteiger partial charge on any atom is -0.376 e. The van der Waals surface area contributed by atoms with Crippen LogP contribution in [0.15, 0.2) is 24.3 Å². The molecule has 3 heteroatoms. The average molecular weight is 282 g/mol. The van der Waals surface area contributed by atoms with E-state index in [1.54, 1.807) is 0 Å². The van der Waals surface area contributed by atoms with Crippen molar-refractivity contribution in [3.8, 4) is 0 Å². The molecule has 3 unspecified atom stereocenters. The highest BCUT2D eigenvalue weighted by Gasteiger charge is 2.42. The molecular weight excluding hydrogens is 258 g/mol. The van der Waals surface area contributed by atoms with Gasteiger partial charge in [0.05, 0.1) is 11.6 Å². The number of methoxy groups -OCH3 is 1. The fourth-order valence-electron chi connectivity index (χ4n) is 3.50. The van der Waals surface area contributed by atoms with Gasteiger partial charge in [0.2, 0.25) is 0 Å². The van der Waals surface area contributed by atoms with Crippen LogP contribution in [0.25, 0.3) is 0 Å². The Hall–Kier alpha value is -0.570. The Morgan fingerprint density at radius 2 is 2.05 bits per heavy atom. The molecule has 0 heterocycles. The molecule has 1 saturated carbocycles. The van der Waals surface area contributed by atoms with Crippen LogP contribution in [0, 0.1) is 5.92 Å². The Kier molecular flexibility index (Phi) is 4.88. The van der Waals surface area contributed by atoms with Gasteiger partial charge in [0.25, 0.3) is 0 Å². The fourth-order valence-corrected chi connectivity index (χ4v) is 3.62. The third-order valence-electron chi connectivity index (χ3n) is 4.42. The molecule has 0 aromatic heterocycles. The summed E-state index contributed by atoms with van der Waals surface area (Å²) in [7, 11) is 3.86. The lowest BCUT2D eigenvalue weighted by molar-refractivity contribution is -0.0790. The molecule has 1 aromatic rings. The monoisotopic (exact) mass is 281 g/mol. The first-order valence-electron chi connectivity index (χ1n) is 7.09. The summed E-state index contributed by atoms with van der Waals surface area (Å²) in [4.78, 5) is 0. The predicted molar refractivity (Wildman–Crippen MR) is 80.6 cm³/mol. The number of benzene rings is 1. The Morgan fingerprint density at radius 1 is 1.37 bits per heavy atom. The number of hydrogen-bond donors (Lipinski definition) is 1. The van der Waals surface area contributed by atoms with Gasteiger partial charge in [-0.05, 0) is 43.5 Å². The number of ether oxygens (including phenoxy) is 1. The summed E-state index contributed by atoms with van der Waals surface area (Å²) in [5.74, 6) is 0.719. The molecule has 0 bridgehead atoms. The third-order valence-corrected chi connectivity index (χ3v) is 4.67. The van der Waals surface area contributed by atoms with Crippen molar-refractivity contribution in [2.45, 2.75) is 44.2 Å². The van der Waals surface area contributed by atoms with E-state index in [-0.39, 0.29) is 11.6 Å². The summed E-state index contributed by atoms with van der Waals surface area (Å²) < 4.78 is 5.99. The van der Waals surface area contributed by atoms with E-state index in [0.717, 1.165) is 23.8 Å². The minimum absolute atomic E-state index is 0.0970. The number of likely N-dealkylation sites (N-methyl/N-ethyl adjacent to an activating group) is 1. The summed E-state index contributed by atoms with van der Waals surface area (Å²) in [6.45, 7) is 2.32. The zero-order valence-corrected chi connectivity index (χ0v) is 12.8. The van der Waals surface area contributed by atoms with E-state index in [9.17, 15) is 0 Å². The fraction of sp³-hybridized carbons (Fsp3) is 0.625. The van der Waals surface area contributed by atoms with Gasteiger partial charge in [-0.1, -0.05) is 43.5 Å². The Bertz CT molecular complexity index is 406. The maximum atomic E-state index is 5.99. The van der Waals surface area contributed by atoms with Crippen molar-refractivity contribution in [3.05, 3.63) is 34.9 Å². The predicted octanol–water partition coefficient (Wildman–Crippen LogP) is 4.20. The lowest BCUT2D eigenvalue weighted by atomic mass is 9.73. The van der Waals surface area contributed by atoms with Crippen LogP contribution in [-0.4, -0.2) is 19.8 Å². The molecule has 0 spiro atoms. The molecule has 3 atom stereocenters. The zero-order chi connectivity index (χ0) is 13.9. The van der Waals surface area contributed by atoms with E-state index in [4.69, 9.17) is 16.3 Å². The van der Waals surface area contributed by atoms with E-state index >= 15 is 0 Å². The lowest BCUT2D eigenvalue weighted by Crippen LogP contribution is -2.47. The van der Waals surface area contributed by atoms with Gasteiger partial charge in [-0.15, -0.1) is 0 Å². The van der Waals surface area contributed by atoms with Crippen molar-refractivity contribution in [1.82, 2.24) is 5.32 Å². The van der Waals surface area contributed by atoms with Crippen LogP contribution in [-0.2, 0) is 4.74 Å². The largest absolute Gasteiger partial charge is 0.376 e. The lowest BCUT2D eigenvalue weighted by Gasteiger charge is -2.44. The molecule has 1 fully saturated rings. The van der Waals surface area contributed by atoms with Crippen molar-refractivity contribution in [2.75, 3.05) is 14.2 Å². The summed E-state index contributed by atoms with van der Waals surface area (Å²) in [6, 6.07) is 8.33. The van der Waals surface area contributed by atoms with Gasteiger partial charge in [-0.2, -0.15) is 0 Å². The molecule has 0 amide bonds. The average Bonchev–Trinajstić information content (AvgIpc) is 2.42. The van der Waals surface area contributed by atoms with Gasteiger partial charge < -0.3 is 10.1 Å². The van der Waals surface area contributed by atoms with E-state index in [2.05, 4.69) is 24.4 Å². The molecule has 1 aromatic carbocycles. The summed E-state index contributed by atoms with van der Waals surface area (Å²) in [5.41, 5.74) is 1.16. The first-order valence-corrected chi connectivity index (χ1v) is 7.47. The van der Waals surface area contributed by atoms with E-state index in [0.29, 0.717) is 0 Å². The van der Waals surface area contributed by atoms with Gasteiger partial charge >= 0.3 is 0 Å². The maximum absolute atomic E-state index is 5.99. The highest BCUT2D eigenvalue weighted by atomic mass is 35.5. The first-order chi connectivity index (χ1) is 9.11. The van der Waals surface area contributed by atoms with Crippen LogP contribution < -0.4 is 5.32 Å². The molecule has 2 nitrogen and oxygen atoms in total. The Labute approximate surface area is 121 Å². The molecular formula is C16H24ClNO. The van der Waals surface area contributed by atoms with Crippen molar-refractivity contribution in [2.24, 2.45) is 5.92 Å². The van der Waals surface area contributed by atoms with Crippen LogP contribution in [0.2, 0.25) is 5.02 Å². The van der Waals surface area contributed by atoms with Crippen LogP contribution in [0.3, 0.4) is 0 Å². The molecule has 19 heavy (non-hydrogen) atoms. The van der Waals surface area contributed by atoms with Crippen LogP contribution in [0.4, 0.5) is 0 Å². The SMILES string of the molecule is CNC(c1ccc(Cl)cc1)C1(OC)CCCC(C)C1. The smallest absolute Gasteiger partial charge is 0.0874 e. The van der Waals surface area contributed by atoms with Gasteiger partial charge in [-0.25, -0.2) is 0 Å². The third kappa shape index (κ3) is 3.13. The topological polar surface area (TPSA) is 21.3 Å². The van der Waals surface area contributed by atoms with Crippen molar-refractivity contribution >= 4 is 11.6 Å². The van der Waals surface area contributed by atoms with Gasteiger partial charge in [-0.3, -0.25) is 0 Å². The molecule has 0 saturated heterocycles. The first kappa shape index (κ1) is 14.8. The molecule has 2 rings (SSSR count). The number of rotatable bonds is 4. The molecule has 1 aliphatic rings. The molecule has 106 valence electrons. The van der Waals surface area contributed by atoms with Gasteiger partial charge in [0.1, 0.15) is 0 Å². The minimum atomic E-state index is -0.0970. The van der Waals surface area contributed by atoms with Crippen molar-refractivity contribution in [1.29, 1.82) is 0 Å². The standard InChI is InChI=1S/C16H24ClNO/c1-12-5-4-10-16(11-12,19-3)15(18-2)13-6-8-14(17)9-7-13/h6-9,12,15,18H,4-5,10-11H2,1-3H3. The molecule has 1 aliphatic carbocycles. The molecule has 1 N–H and O–H groups in total. The number of halogens is 1. The summed E-state index contributed by atoms with van der Waals surface area (Å²) in [6.07, 6.45) is 4.77. The van der Waals surface area contributed by atoms with E-state index < -0.39 is 0 Å². The highest BCUT2D eigenvalue weighted by molar-refractivity contribution is 6.30. The van der Waals surface area contributed by atoms with Gasteiger partial charge in [0, 0.05) is 12.1 Å². The van der Waals surface area contributed by atoms with Crippen molar-refractivity contribution < 1.29 is 4.74 Å². The van der Waals surface area contributed by atoms with Crippen LogP contribution >= 0.6 is 11.6 Å². The molecule has 0 radical (unpaired) electrons. The number of nitrogens with one attached hydrogen (secondary N) is 1. The second-order valence-corrected chi connectivity index (χ2v) is 6.18. The highest BCUT2D eigenvalue weighted by Crippen LogP contribution is 2.43. The summed E-state index contributed by atoms with van der Waals surface area (Å²) in [5, 5.41) is 4.23. The van der Waals surface area contributed by atoms with Gasteiger partial charge in [0.15, 0.2) is 0 Å². The summed E-state index contributed by atoms with van der Waals surface area (Å²) >= 11 is 5.99. The maximum Gasteiger partial charge on any atom is 0.0874 e. The van der Waals surface area contributed by atoms with E-state index in [1.165, 1.54) is 18.4 Å². The normalized spacial score (nSPS) is 29.2. The number of hydrogen-bond acceptors (Lipinski definition) is 2. The second-order valence-electron chi connectivity index (χ2n) is 5.74. The quantitative estimate of drug-likeness (QED) is 0.893. The van der Waals surface area contributed by atoms with Crippen LogP contribution in [0.5, 0.6) is 0 Å². The molecule has 0 aliphatic heterocycles. The van der Waals surface area contributed by atoms with Crippen molar-refractivity contribution in [3.63, 3.8) is 0 Å².